The van der Waals surface area contributed by atoms with Crippen LogP contribution in [0.1, 0.15) is 16.7 Å². The molecule has 122 valence electrons. The van der Waals surface area contributed by atoms with Gasteiger partial charge in [0.05, 0.1) is 14.2 Å². The number of aromatic hydroxyl groups is 2. The van der Waals surface area contributed by atoms with Crippen molar-refractivity contribution >= 4 is 12.2 Å². The minimum absolute atomic E-state index is 0.0399. The predicted molar refractivity (Wildman–Crippen MR) is 89.0 cm³/mol. The number of aliphatic hydroxyl groups is 1. The summed E-state index contributed by atoms with van der Waals surface area (Å²) in [6.07, 6.45) is 3.79. The van der Waals surface area contributed by atoms with E-state index in [1.807, 2.05) is 18.2 Å². The van der Waals surface area contributed by atoms with Gasteiger partial charge in [0.1, 0.15) is 23.0 Å². The molecule has 5 heteroatoms. The van der Waals surface area contributed by atoms with E-state index < -0.39 is 0 Å². The van der Waals surface area contributed by atoms with Crippen LogP contribution in [0.4, 0.5) is 0 Å². The van der Waals surface area contributed by atoms with Gasteiger partial charge in [-0.05, 0) is 35.4 Å². The van der Waals surface area contributed by atoms with Gasteiger partial charge < -0.3 is 24.8 Å². The zero-order valence-electron chi connectivity index (χ0n) is 13.1. The molecule has 0 aromatic heterocycles. The second-order valence-corrected chi connectivity index (χ2v) is 4.99. The first-order valence-corrected chi connectivity index (χ1v) is 7.14. The van der Waals surface area contributed by atoms with Gasteiger partial charge in [-0.25, -0.2) is 0 Å². The summed E-state index contributed by atoms with van der Waals surface area (Å²) in [7, 11) is 3.16. The van der Waals surface area contributed by atoms with Crippen LogP contribution in [0.5, 0.6) is 23.0 Å². The van der Waals surface area contributed by atoms with Crippen molar-refractivity contribution in [2.24, 2.45) is 0 Å². The molecule has 0 fully saturated rings. The number of hydrogen-bond donors (Lipinski definition) is 3. The van der Waals surface area contributed by atoms with Crippen molar-refractivity contribution in [2.75, 3.05) is 20.8 Å². The van der Waals surface area contributed by atoms with Crippen LogP contribution in [0, 0.1) is 0 Å². The molecular formula is C18H20O5. The highest BCUT2D eigenvalue weighted by Crippen LogP contribution is 2.30. The maximum absolute atomic E-state index is 9.92. The van der Waals surface area contributed by atoms with Crippen molar-refractivity contribution in [3.8, 4) is 23.0 Å². The molecule has 0 unspecified atom stereocenters. The molecule has 2 aromatic rings. The summed E-state index contributed by atoms with van der Waals surface area (Å²) in [6.45, 7) is -0.139. The number of aliphatic hydroxyl groups excluding tert-OH is 1. The van der Waals surface area contributed by atoms with Crippen LogP contribution in [0.2, 0.25) is 0 Å². The van der Waals surface area contributed by atoms with Crippen LogP contribution in [0.3, 0.4) is 0 Å². The Morgan fingerprint density at radius 2 is 1.30 bits per heavy atom. The molecular weight excluding hydrogens is 296 g/mol. The molecule has 0 bridgehead atoms. The molecule has 0 radical (unpaired) electrons. The van der Waals surface area contributed by atoms with Crippen molar-refractivity contribution < 1.29 is 24.8 Å². The van der Waals surface area contributed by atoms with Gasteiger partial charge in [0.25, 0.3) is 0 Å². The third kappa shape index (κ3) is 4.17. The van der Waals surface area contributed by atoms with Gasteiger partial charge in [-0.15, -0.1) is 0 Å². The van der Waals surface area contributed by atoms with Gasteiger partial charge in [-0.3, -0.25) is 0 Å². The van der Waals surface area contributed by atoms with Crippen molar-refractivity contribution in [3.63, 3.8) is 0 Å². The molecule has 0 aliphatic rings. The van der Waals surface area contributed by atoms with Crippen molar-refractivity contribution in [3.05, 3.63) is 47.0 Å². The Morgan fingerprint density at radius 3 is 1.74 bits per heavy atom. The van der Waals surface area contributed by atoms with E-state index in [2.05, 4.69) is 0 Å². The maximum atomic E-state index is 9.92. The molecule has 3 N–H and O–H groups in total. The molecule has 2 rings (SSSR count). The van der Waals surface area contributed by atoms with E-state index in [0.29, 0.717) is 22.6 Å². The first-order chi connectivity index (χ1) is 11.1. The van der Waals surface area contributed by atoms with E-state index in [-0.39, 0.29) is 24.5 Å². The largest absolute Gasteiger partial charge is 0.508 e. The zero-order chi connectivity index (χ0) is 16.8. The van der Waals surface area contributed by atoms with Crippen LogP contribution < -0.4 is 9.47 Å². The Morgan fingerprint density at radius 1 is 0.826 bits per heavy atom. The van der Waals surface area contributed by atoms with Crippen molar-refractivity contribution in [1.29, 1.82) is 0 Å². The average Bonchev–Trinajstić information content (AvgIpc) is 2.55. The minimum atomic E-state index is -0.139. The van der Waals surface area contributed by atoms with Crippen molar-refractivity contribution in [2.45, 2.75) is 6.42 Å². The number of phenolic OH excluding ortho intramolecular Hbond substituents is 2. The molecule has 23 heavy (non-hydrogen) atoms. The molecule has 0 saturated carbocycles. The number of phenols is 2. The standard InChI is InChI=1S/C18H20O5/c1-22-14-7-12(8-15(11-14)23-2)3-4-13-9-17(20)16(5-6-19)18(21)10-13/h3-4,7-11,19-21H,5-6H2,1-2H3/b4-3+. The maximum Gasteiger partial charge on any atom is 0.123 e. The molecule has 2 aromatic carbocycles. The summed E-state index contributed by atoms with van der Waals surface area (Å²) < 4.78 is 10.4. The van der Waals surface area contributed by atoms with Crippen LogP contribution in [-0.2, 0) is 6.42 Å². The van der Waals surface area contributed by atoms with Gasteiger partial charge in [0, 0.05) is 24.7 Å². The van der Waals surface area contributed by atoms with E-state index in [4.69, 9.17) is 14.6 Å². The highest BCUT2D eigenvalue weighted by molar-refractivity contribution is 5.72. The summed E-state index contributed by atoms with van der Waals surface area (Å²) in [6, 6.07) is 8.55. The quantitative estimate of drug-likeness (QED) is 0.714. The Balaban J connectivity index is 2.30. The lowest BCUT2D eigenvalue weighted by molar-refractivity contribution is 0.294. The number of methoxy groups -OCH3 is 2. The normalized spacial score (nSPS) is 10.9. The van der Waals surface area contributed by atoms with Crippen LogP contribution in [-0.4, -0.2) is 36.1 Å². The molecule has 0 atom stereocenters. The summed E-state index contributed by atoms with van der Waals surface area (Å²) in [5, 5.41) is 28.8. The first-order valence-electron chi connectivity index (χ1n) is 7.14. The number of rotatable bonds is 6. The monoisotopic (exact) mass is 316 g/mol. The molecule has 0 saturated heterocycles. The van der Waals surface area contributed by atoms with E-state index in [1.165, 1.54) is 0 Å². The summed E-state index contributed by atoms with van der Waals surface area (Å²) in [5.41, 5.74) is 1.84. The third-order valence-electron chi connectivity index (χ3n) is 3.43. The lowest BCUT2D eigenvalue weighted by atomic mass is 10.0. The van der Waals surface area contributed by atoms with Crippen molar-refractivity contribution in [1.82, 2.24) is 0 Å². The molecule has 0 aliphatic heterocycles. The van der Waals surface area contributed by atoms with Crippen LogP contribution in [0.15, 0.2) is 30.3 Å². The second kappa shape index (κ2) is 7.56. The van der Waals surface area contributed by atoms with Gasteiger partial charge in [0.2, 0.25) is 0 Å². The second-order valence-electron chi connectivity index (χ2n) is 4.99. The Labute approximate surface area is 135 Å². The van der Waals surface area contributed by atoms with E-state index in [0.717, 1.165) is 5.56 Å². The average molecular weight is 316 g/mol. The summed E-state index contributed by atoms with van der Waals surface area (Å²) >= 11 is 0. The molecule has 5 nitrogen and oxygen atoms in total. The molecule has 0 spiro atoms. The smallest absolute Gasteiger partial charge is 0.123 e. The Hall–Kier alpha value is -2.66. The van der Waals surface area contributed by atoms with Gasteiger partial charge in [-0.2, -0.15) is 0 Å². The van der Waals surface area contributed by atoms with E-state index in [1.54, 1.807) is 38.5 Å². The molecule has 0 amide bonds. The highest BCUT2D eigenvalue weighted by Gasteiger charge is 2.08. The fraction of sp³-hybridized carbons (Fsp3) is 0.222. The van der Waals surface area contributed by atoms with E-state index in [9.17, 15) is 10.2 Å². The third-order valence-corrected chi connectivity index (χ3v) is 3.43. The predicted octanol–water partition coefficient (Wildman–Crippen LogP) is 2.82. The summed E-state index contributed by atoms with van der Waals surface area (Å²) in [4.78, 5) is 0. The zero-order valence-corrected chi connectivity index (χ0v) is 13.1. The molecule has 0 heterocycles. The fourth-order valence-electron chi connectivity index (χ4n) is 2.25. The van der Waals surface area contributed by atoms with Gasteiger partial charge in [0.15, 0.2) is 0 Å². The topological polar surface area (TPSA) is 79.2 Å². The summed E-state index contributed by atoms with van der Waals surface area (Å²) in [5.74, 6) is 1.27. The van der Waals surface area contributed by atoms with Gasteiger partial charge >= 0.3 is 0 Å². The highest BCUT2D eigenvalue weighted by atomic mass is 16.5. The Kier molecular flexibility index (Phi) is 5.49. The lowest BCUT2D eigenvalue weighted by Gasteiger charge is -2.08. The van der Waals surface area contributed by atoms with E-state index >= 15 is 0 Å². The number of ether oxygens (including phenoxy) is 2. The first kappa shape index (κ1) is 16.7. The Bertz CT molecular complexity index is 661. The molecule has 0 aliphatic carbocycles. The fourth-order valence-corrected chi connectivity index (χ4v) is 2.25. The van der Waals surface area contributed by atoms with Crippen LogP contribution in [0.25, 0.3) is 12.2 Å². The van der Waals surface area contributed by atoms with Gasteiger partial charge in [-0.1, -0.05) is 12.2 Å². The minimum Gasteiger partial charge on any atom is -0.508 e. The van der Waals surface area contributed by atoms with Crippen LogP contribution >= 0.6 is 0 Å². The number of benzene rings is 2. The number of hydrogen-bond acceptors (Lipinski definition) is 5. The SMILES string of the molecule is COc1cc(/C=C/c2cc(O)c(CCO)c(O)c2)cc(OC)c1. The lowest BCUT2D eigenvalue weighted by Crippen LogP contribution is -1.92.